The summed E-state index contributed by atoms with van der Waals surface area (Å²) in [5.74, 6) is 0.508. The molecule has 2 fully saturated rings. The van der Waals surface area contributed by atoms with E-state index < -0.39 is 11.2 Å². The normalized spacial score (nSPS) is 32.7. The summed E-state index contributed by atoms with van der Waals surface area (Å²) in [5.41, 5.74) is -0.599. The summed E-state index contributed by atoms with van der Waals surface area (Å²) >= 11 is 0. The van der Waals surface area contributed by atoms with Gasteiger partial charge in [0.2, 0.25) is 0 Å². The molecule has 5 atom stereocenters. The van der Waals surface area contributed by atoms with Crippen molar-refractivity contribution in [3.63, 3.8) is 0 Å². The molecule has 2 aromatic rings. The minimum Gasteiger partial charge on any atom is -0.493 e. The van der Waals surface area contributed by atoms with Crippen LogP contribution in [0.15, 0.2) is 51.2 Å². The summed E-state index contributed by atoms with van der Waals surface area (Å²) in [6.45, 7) is 12.5. The minimum absolute atomic E-state index is 0.111. The Bertz CT molecular complexity index is 1190. The van der Waals surface area contributed by atoms with E-state index in [4.69, 9.17) is 13.9 Å². The van der Waals surface area contributed by atoms with Gasteiger partial charge in [0.1, 0.15) is 17.4 Å². The second kappa shape index (κ2) is 9.12. The molecule has 2 aliphatic rings. The number of hydrogen-bond donors (Lipinski definition) is 1. The molecule has 0 unspecified atom stereocenters. The van der Waals surface area contributed by atoms with Crippen LogP contribution in [0.25, 0.3) is 11.0 Å². The van der Waals surface area contributed by atoms with Gasteiger partial charge in [-0.1, -0.05) is 26.8 Å². The molecule has 2 saturated carbocycles. The maximum atomic E-state index is 12.5. The maximum absolute atomic E-state index is 12.5. The lowest BCUT2D eigenvalue weighted by Gasteiger charge is -2.62. The summed E-state index contributed by atoms with van der Waals surface area (Å²) in [7, 11) is 0. The van der Waals surface area contributed by atoms with Crippen LogP contribution in [0.4, 0.5) is 0 Å². The molecule has 0 amide bonds. The molecule has 6 heteroatoms. The topological polar surface area (TPSA) is 86.0 Å². The van der Waals surface area contributed by atoms with Gasteiger partial charge in [0.05, 0.1) is 12.2 Å². The number of rotatable bonds is 5. The van der Waals surface area contributed by atoms with Crippen LogP contribution in [0.5, 0.6) is 5.75 Å². The number of allylic oxidation sites excluding steroid dienone is 1. The molecular formula is C29H38O6. The molecule has 1 heterocycles. The fraction of sp³-hybridized carbons (Fsp3) is 0.586. The van der Waals surface area contributed by atoms with E-state index in [-0.39, 0.29) is 34.7 Å². The number of fused-ring (bicyclic) bond motifs is 2. The maximum Gasteiger partial charge on any atom is 0.336 e. The molecule has 1 aromatic heterocycles. The number of benzene rings is 1. The molecule has 0 radical (unpaired) electrons. The number of esters is 1. The van der Waals surface area contributed by atoms with Gasteiger partial charge in [0, 0.05) is 34.4 Å². The number of ether oxygens (including phenoxy) is 2. The van der Waals surface area contributed by atoms with Crippen molar-refractivity contribution in [2.45, 2.75) is 78.9 Å². The Hall–Kier alpha value is -2.60. The Morgan fingerprint density at radius 1 is 1.14 bits per heavy atom. The highest BCUT2D eigenvalue weighted by molar-refractivity contribution is 5.87. The van der Waals surface area contributed by atoms with E-state index in [0.29, 0.717) is 29.9 Å². The van der Waals surface area contributed by atoms with Gasteiger partial charge in [0.25, 0.3) is 0 Å². The lowest BCUT2D eigenvalue weighted by atomic mass is 9.45. The predicted molar refractivity (Wildman–Crippen MR) is 135 cm³/mol. The van der Waals surface area contributed by atoms with Crippen molar-refractivity contribution in [2.75, 3.05) is 6.61 Å². The van der Waals surface area contributed by atoms with Crippen LogP contribution in [0.3, 0.4) is 0 Å². The molecule has 190 valence electrons. The first-order valence-electron chi connectivity index (χ1n) is 12.6. The summed E-state index contributed by atoms with van der Waals surface area (Å²) in [4.78, 5) is 24.2. The van der Waals surface area contributed by atoms with E-state index in [2.05, 4.69) is 20.8 Å². The van der Waals surface area contributed by atoms with E-state index in [1.807, 2.05) is 26.0 Å². The second-order valence-electron chi connectivity index (χ2n) is 11.5. The molecule has 0 aliphatic heterocycles. The molecule has 35 heavy (non-hydrogen) atoms. The van der Waals surface area contributed by atoms with Gasteiger partial charge < -0.3 is 19.0 Å². The average molecular weight is 483 g/mol. The van der Waals surface area contributed by atoms with Crippen LogP contribution in [0, 0.1) is 22.7 Å². The molecule has 1 N–H and O–H groups in total. The zero-order chi connectivity index (χ0) is 25.6. The Morgan fingerprint density at radius 3 is 2.57 bits per heavy atom. The first-order chi connectivity index (χ1) is 16.4. The monoisotopic (exact) mass is 482 g/mol. The fourth-order valence-electron chi connectivity index (χ4n) is 6.73. The van der Waals surface area contributed by atoms with Gasteiger partial charge in [-0.3, -0.25) is 0 Å². The standard InChI is InChI=1S/C29H38O6/c1-7-18(2)26(31)35-24-13-14-28(5)22(27(24,3)4)12-15-29(6,32)23(28)17-33-20-10-8-19-9-11-25(30)34-21(19)16-20/h7-11,16,22-24,32H,12-15,17H2,1-6H3/t22-,23+,24+,28-,29+/m0/s1. The van der Waals surface area contributed by atoms with Crippen LogP contribution in [0.2, 0.25) is 0 Å². The fourth-order valence-corrected chi connectivity index (χ4v) is 6.73. The molecule has 1 aromatic carbocycles. The number of carbonyl (C=O) groups excluding carboxylic acids is 1. The number of carbonyl (C=O) groups is 1. The van der Waals surface area contributed by atoms with Crippen LogP contribution in [-0.2, 0) is 9.53 Å². The Balaban J connectivity index is 1.57. The lowest BCUT2D eigenvalue weighted by molar-refractivity contribution is -0.210. The predicted octanol–water partition coefficient (Wildman–Crippen LogP) is 5.65. The van der Waals surface area contributed by atoms with E-state index in [9.17, 15) is 14.7 Å². The SMILES string of the molecule is CC=C(C)C(=O)O[C@@H]1CC[C@]2(C)[C@@H](COc3ccc4ccc(=O)oc4c3)[C@](C)(O)CC[C@H]2C1(C)C. The van der Waals surface area contributed by atoms with Gasteiger partial charge in [-0.2, -0.15) is 0 Å². The highest BCUT2D eigenvalue weighted by Gasteiger charge is 2.61. The van der Waals surface area contributed by atoms with Crippen LogP contribution < -0.4 is 10.4 Å². The van der Waals surface area contributed by atoms with E-state index in [1.54, 1.807) is 25.1 Å². The van der Waals surface area contributed by atoms with Crippen LogP contribution in [0.1, 0.15) is 67.2 Å². The number of hydrogen-bond acceptors (Lipinski definition) is 6. The zero-order valence-corrected chi connectivity index (χ0v) is 21.7. The summed E-state index contributed by atoms with van der Waals surface area (Å²) in [6.07, 6.45) is 4.72. The third-order valence-electron chi connectivity index (χ3n) is 8.97. The molecule has 0 spiro atoms. The van der Waals surface area contributed by atoms with Crippen molar-refractivity contribution in [3.05, 3.63) is 52.4 Å². The minimum atomic E-state index is -0.879. The van der Waals surface area contributed by atoms with Gasteiger partial charge in [-0.05, 0) is 76.0 Å². The average Bonchev–Trinajstić information content (AvgIpc) is 2.79. The molecule has 4 rings (SSSR count). The Labute approximate surface area is 207 Å². The van der Waals surface area contributed by atoms with Crippen molar-refractivity contribution >= 4 is 16.9 Å². The first kappa shape index (κ1) is 25.5. The highest BCUT2D eigenvalue weighted by atomic mass is 16.5. The molecule has 2 aliphatic carbocycles. The quantitative estimate of drug-likeness (QED) is 0.337. The molecule has 6 nitrogen and oxygen atoms in total. The van der Waals surface area contributed by atoms with Gasteiger partial charge >= 0.3 is 11.6 Å². The van der Waals surface area contributed by atoms with Crippen molar-refractivity contribution in [2.24, 2.45) is 22.7 Å². The zero-order valence-electron chi connectivity index (χ0n) is 21.7. The van der Waals surface area contributed by atoms with Gasteiger partial charge in [0.15, 0.2) is 0 Å². The van der Waals surface area contributed by atoms with E-state index >= 15 is 0 Å². The first-order valence-corrected chi connectivity index (χ1v) is 12.6. The number of aliphatic hydroxyl groups is 1. The third-order valence-corrected chi connectivity index (χ3v) is 8.97. The summed E-state index contributed by atoms with van der Waals surface area (Å²) in [6, 6.07) is 8.60. The highest BCUT2D eigenvalue weighted by Crippen LogP contribution is 2.62. The Kier molecular flexibility index (Phi) is 6.64. The third kappa shape index (κ3) is 4.65. The largest absolute Gasteiger partial charge is 0.493 e. The molecule has 0 saturated heterocycles. The second-order valence-corrected chi connectivity index (χ2v) is 11.5. The summed E-state index contributed by atoms with van der Waals surface area (Å²) in [5, 5.41) is 12.3. The smallest absolute Gasteiger partial charge is 0.336 e. The molecular weight excluding hydrogens is 444 g/mol. The van der Waals surface area contributed by atoms with Crippen molar-refractivity contribution < 1.29 is 23.8 Å². The molecule has 0 bridgehead atoms. The summed E-state index contributed by atoms with van der Waals surface area (Å²) < 4.78 is 17.5. The van der Waals surface area contributed by atoms with Crippen LogP contribution in [-0.4, -0.2) is 29.4 Å². The van der Waals surface area contributed by atoms with E-state index in [1.165, 1.54) is 6.07 Å². The van der Waals surface area contributed by atoms with Crippen molar-refractivity contribution in [3.8, 4) is 5.75 Å². The van der Waals surface area contributed by atoms with Gasteiger partial charge in [-0.25, -0.2) is 9.59 Å². The van der Waals surface area contributed by atoms with Crippen LogP contribution >= 0.6 is 0 Å². The lowest BCUT2D eigenvalue weighted by Crippen LogP contribution is -2.62. The van der Waals surface area contributed by atoms with Crippen molar-refractivity contribution in [1.29, 1.82) is 0 Å². The van der Waals surface area contributed by atoms with Crippen molar-refractivity contribution in [1.82, 2.24) is 0 Å². The van der Waals surface area contributed by atoms with E-state index in [0.717, 1.165) is 24.6 Å². The Morgan fingerprint density at radius 2 is 1.86 bits per heavy atom. The van der Waals surface area contributed by atoms with Gasteiger partial charge in [-0.15, -0.1) is 0 Å².